The highest BCUT2D eigenvalue weighted by molar-refractivity contribution is 4.70. The first kappa shape index (κ1) is 9.96. The first-order valence-corrected chi connectivity index (χ1v) is 4.90. The summed E-state index contributed by atoms with van der Waals surface area (Å²) in [5.41, 5.74) is 5.60. The van der Waals surface area contributed by atoms with Crippen molar-refractivity contribution in [3.63, 3.8) is 0 Å². The molecule has 1 heterocycles. The van der Waals surface area contributed by atoms with Gasteiger partial charge in [-0.05, 0) is 26.8 Å². The lowest BCUT2D eigenvalue weighted by Gasteiger charge is -2.24. The average molecular weight is 171 g/mol. The quantitative estimate of drug-likeness (QED) is 0.649. The largest absolute Gasteiger partial charge is 0.318 e. The molecule has 1 aliphatic heterocycles. The fraction of sp³-hybridized carbons (Fsp3) is 1.00. The standard InChI is InChI=1S/C9H21N3/c1-9(2)12-5-3-4-11(8-10)6-7-12/h9H,3-8,10H2,1-2H3. The average Bonchev–Trinajstić information content (AvgIpc) is 2.28. The highest BCUT2D eigenvalue weighted by Crippen LogP contribution is 2.05. The second kappa shape index (κ2) is 4.80. The van der Waals surface area contributed by atoms with E-state index in [0.29, 0.717) is 12.7 Å². The summed E-state index contributed by atoms with van der Waals surface area (Å²) in [4.78, 5) is 4.85. The monoisotopic (exact) mass is 171 g/mol. The molecule has 1 fully saturated rings. The Morgan fingerprint density at radius 3 is 2.50 bits per heavy atom. The van der Waals surface area contributed by atoms with Gasteiger partial charge in [0.05, 0.1) is 0 Å². The predicted octanol–water partition coefficient (Wildman–Crippen LogP) is 0.319. The van der Waals surface area contributed by atoms with Gasteiger partial charge in [0, 0.05) is 32.3 Å². The minimum atomic E-state index is 0.683. The summed E-state index contributed by atoms with van der Waals surface area (Å²) < 4.78 is 0. The molecule has 0 aliphatic carbocycles. The fourth-order valence-corrected chi connectivity index (χ4v) is 1.69. The molecular formula is C9H21N3. The van der Waals surface area contributed by atoms with E-state index < -0.39 is 0 Å². The van der Waals surface area contributed by atoms with Crippen LogP contribution in [0.4, 0.5) is 0 Å². The molecule has 72 valence electrons. The van der Waals surface area contributed by atoms with Crippen molar-refractivity contribution in [3.05, 3.63) is 0 Å². The predicted molar refractivity (Wildman–Crippen MR) is 52.0 cm³/mol. The van der Waals surface area contributed by atoms with E-state index in [0.717, 1.165) is 6.54 Å². The molecule has 0 bridgehead atoms. The van der Waals surface area contributed by atoms with Gasteiger partial charge < -0.3 is 5.73 Å². The minimum absolute atomic E-state index is 0.683. The van der Waals surface area contributed by atoms with E-state index >= 15 is 0 Å². The first-order valence-electron chi connectivity index (χ1n) is 4.90. The molecule has 2 N–H and O–H groups in total. The highest BCUT2D eigenvalue weighted by atomic mass is 15.2. The van der Waals surface area contributed by atoms with Gasteiger partial charge in [0.25, 0.3) is 0 Å². The summed E-state index contributed by atoms with van der Waals surface area (Å²) in [6, 6.07) is 0.683. The first-order chi connectivity index (χ1) is 5.74. The van der Waals surface area contributed by atoms with Gasteiger partial charge in [0.2, 0.25) is 0 Å². The Bertz CT molecular complexity index is 125. The molecule has 0 aromatic rings. The van der Waals surface area contributed by atoms with Crippen LogP contribution in [0.15, 0.2) is 0 Å². The van der Waals surface area contributed by atoms with E-state index in [4.69, 9.17) is 5.73 Å². The van der Waals surface area contributed by atoms with E-state index in [2.05, 4.69) is 23.6 Å². The van der Waals surface area contributed by atoms with Crippen molar-refractivity contribution in [3.8, 4) is 0 Å². The third-order valence-electron chi connectivity index (χ3n) is 2.61. The van der Waals surface area contributed by atoms with Crippen molar-refractivity contribution in [2.24, 2.45) is 5.73 Å². The van der Waals surface area contributed by atoms with Gasteiger partial charge in [0.1, 0.15) is 0 Å². The van der Waals surface area contributed by atoms with Crippen molar-refractivity contribution in [1.29, 1.82) is 0 Å². The lowest BCUT2D eigenvalue weighted by molar-refractivity contribution is 0.221. The molecule has 3 nitrogen and oxygen atoms in total. The van der Waals surface area contributed by atoms with Crippen molar-refractivity contribution in [2.45, 2.75) is 26.3 Å². The molecule has 0 aromatic carbocycles. The van der Waals surface area contributed by atoms with Gasteiger partial charge in [-0.2, -0.15) is 0 Å². The Morgan fingerprint density at radius 1 is 1.17 bits per heavy atom. The summed E-state index contributed by atoms with van der Waals surface area (Å²) in [7, 11) is 0. The fourth-order valence-electron chi connectivity index (χ4n) is 1.69. The Hall–Kier alpha value is -0.120. The summed E-state index contributed by atoms with van der Waals surface area (Å²) in [6.45, 7) is 9.94. The Kier molecular flexibility index (Phi) is 3.98. The molecule has 1 aliphatic rings. The molecule has 0 spiro atoms. The van der Waals surface area contributed by atoms with E-state index in [1.807, 2.05) is 0 Å². The maximum absolute atomic E-state index is 5.60. The molecule has 12 heavy (non-hydrogen) atoms. The number of hydrogen-bond donors (Lipinski definition) is 1. The molecule has 0 atom stereocenters. The maximum Gasteiger partial charge on any atom is 0.0455 e. The van der Waals surface area contributed by atoms with Crippen LogP contribution in [0.5, 0.6) is 0 Å². The zero-order valence-electron chi connectivity index (χ0n) is 8.29. The van der Waals surface area contributed by atoms with Crippen LogP contribution >= 0.6 is 0 Å². The topological polar surface area (TPSA) is 32.5 Å². The lowest BCUT2D eigenvalue weighted by atomic mass is 10.3. The van der Waals surface area contributed by atoms with Crippen LogP contribution in [0.25, 0.3) is 0 Å². The molecule has 3 heteroatoms. The van der Waals surface area contributed by atoms with E-state index in [9.17, 15) is 0 Å². The van der Waals surface area contributed by atoms with Gasteiger partial charge in [-0.3, -0.25) is 9.80 Å². The molecule has 0 aromatic heterocycles. The van der Waals surface area contributed by atoms with Crippen LogP contribution < -0.4 is 5.73 Å². The SMILES string of the molecule is CC(C)N1CCCN(CN)CC1. The summed E-state index contributed by atoms with van der Waals surface area (Å²) in [5, 5.41) is 0. The lowest BCUT2D eigenvalue weighted by Crippen LogP contribution is -2.36. The third-order valence-corrected chi connectivity index (χ3v) is 2.61. The molecule has 1 rings (SSSR count). The van der Waals surface area contributed by atoms with E-state index in [1.54, 1.807) is 0 Å². The molecule has 0 unspecified atom stereocenters. The summed E-state index contributed by atoms with van der Waals surface area (Å²) in [5.74, 6) is 0. The maximum atomic E-state index is 5.60. The van der Waals surface area contributed by atoms with E-state index in [1.165, 1.54) is 26.1 Å². The smallest absolute Gasteiger partial charge is 0.0455 e. The van der Waals surface area contributed by atoms with Crippen LogP contribution in [-0.4, -0.2) is 48.7 Å². The second-order valence-corrected chi connectivity index (χ2v) is 3.78. The Balaban J connectivity index is 2.34. The summed E-state index contributed by atoms with van der Waals surface area (Å²) in [6.07, 6.45) is 1.26. The van der Waals surface area contributed by atoms with Crippen molar-refractivity contribution in [2.75, 3.05) is 32.8 Å². The van der Waals surface area contributed by atoms with Crippen molar-refractivity contribution >= 4 is 0 Å². The van der Waals surface area contributed by atoms with Crippen LogP contribution in [0, 0.1) is 0 Å². The third kappa shape index (κ3) is 2.73. The second-order valence-electron chi connectivity index (χ2n) is 3.78. The van der Waals surface area contributed by atoms with Gasteiger partial charge in [-0.1, -0.05) is 0 Å². The number of rotatable bonds is 2. The van der Waals surface area contributed by atoms with Crippen molar-refractivity contribution < 1.29 is 0 Å². The number of nitrogens with zero attached hydrogens (tertiary/aromatic N) is 2. The Labute approximate surface area is 75.5 Å². The molecule has 1 saturated heterocycles. The van der Waals surface area contributed by atoms with Gasteiger partial charge >= 0.3 is 0 Å². The summed E-state index contributed by atoms with van der Waals surface area (Å²) >= 11 is 0. The van der Waals surface area contributed by atoms with Gasteiger partial charge in [-0.15, -0.1) is 0 Å². The normalized spacial score (nSPS) is 23.0. The molecular weight excluding hydrogens is 150 g/mol. The minimum Gasteiger partial charge on any atom is -0.318 e. The Morgan fingerprint density at radius 2 is 1.92 bits per heavy atom. The van der Waals surface area contributed by atoms with Gasteiger partial charge in [0.15, 0.2) is 0 Å². The van der Waals surface area contributed by atoms with Crippen LogP contribution in [-0.2, 0) is 0 Å². The molecule has 0 amide bonds. The zero-order valence-corrected chi connectivity index (χ0v) is 8.29. The highest BCUT2D eigenvalue weighted by Gasteiger charge is 2.14. The van der Waals surface area contributed by atoms with Crippen LogP contribution in [0.3, 0.4) is 0 Å². The van der Waals surface area contributed by atoms with Gasteiger partial charge in [-0.25, -0.2) is 0 Å². The van der Waals surface area contributed by atoms with Crippen molar-refractivity contribution in [1.82, 2.24) is 9.80 Å². The van der Waals surface area contributed by atoms with Crippen LogP contribution in [0.2, 0.25) is 0 Å². The number of hydrogen-bond acceptors (Lipinski definition) is 3. The van der Waals surface area contributed by atoms with E-state index in [-0.39, 0.29) is 0 Å². The number of nitrogens with two attached hydrogens (primary N) is 1. The zero-order chi connectivity index (χ0) is 8.97. The molecule has 0 radical (unpaired) electrons. The van der Waals surface area contributed by atoms with Crippen LogP contribution in [0.1, 0.15) is 20.3 Å². The molecule has 0 saturated carbocycles.